The summed E-state index contributed by atoms with van der Waals surface area (Å²) < 4.78 is 11.5. The fraction of sp³-hybridized carbons (Fsp3) is 0.480. The van der Waals surface area contributed by atoms with E-state index in [1.54, 1.807) is 48.5 Å². The summed E-state index contributed by atoms with van der Waals surface area (Å²) in [6, 6.07) is 27.8. The van der Waals surface area contributed by atoms with E-state index in [0.717, 1.165) is 12.8 Å². The fourth-order valence-electron chi connectivity index (χ4n) is 6.64. The second kappa shape index (κ2) is 28.8. The Bertz CT molecular complexity index is 1510. The topological polar surface area (TPSA) is 93.1 Å². The molecule has 56 heavy (non-hydrogen) atoms. The quantitative estimate of drug-likeness (QED) is 0.0442. The van der Waals surface area contributed by atoms with E-state index in [2.05, 4.69) is 13.8 Å². The Morgan fingerprint density at radius 3 is 1.02 bits per heavy atom. The number of ketones is 2. The summed E-state index contributed by atoms with van der Waals surface area (Å²) in [5, 5.41) is 20.4. The van der Waals surface area contributed by atoms with Crippen LogP contribution in [0.4, 0.5) is 0 Å². The van der Waals surface area contributed by atoms with Crippen molar-refractivity contribution >= 4 is 11.6 Å². The van der Waals surface area contributed by atoms with E-state index >= 15 is 0 Å². The molecule has 0 spiro atoms. The first-order valence-corrected chi connectivity index (χ1v) is 21.6. The van der Waals surface area contributed by atoms with Crippen LogP contribution in [0.15, 0.2) is 97.1 Å². The van der Waals surface area contributed by atoms with Gasteiger partial charge in [0.1, 0.15) is 23.0 Å². The lowest BCUT2D eigenvalue weighted by Gasteiger charge is -2.09. The van der Waals surface area contributed by atoms with Crippen molar-refractivity contribution in [2.45, 2.75) is 142 Å². The van der Waals surface area contributed by atoms with Crippen LogP contribution in [0, 0.1) is 0 Å². The van der Waals surface area contributed by atoms with Crippen molar-refractivity contribution in [3.05, 3.63) is 119 Å². The van der Waals surface area contributed by atoms with Crippen LogP contribution < -0.4 is 9.47 Å². The van der Waals surface area contributed by atoms with Crippen molar-refractivity contribution in [2.24, 2.45) is 0 Å². The van der Waals surface area contributed by atoms with E-state index in [9.17, 15) is 19.8 Å². The second-order valence-corrected chi connectivity index (χ2v) is 14.8. The Kier molecular flexibility index (Phi) is 23.5. The predicted molar refractivity (Wildman–Crippen MR) is 231 cm³/mol. The number of carbonyl (C=O) groups is 2. The highest BCUT2D eigenvalue weighted by Gasteiger charge is 2.15. The summed E-state index contributed by atoms with van der Waals surface area (Å²) in [6.45, 7) is 5.79. The number of carbonyl (C=O) groups excluding carboxylic acids is 2. The minimum Gasteiger partial charge on any atom is -0.507 e. The predicted octanol–water partition coefficient (Wildman–Crippen LogP) is 13.8. The molecular weight excluding hydrogens is 697 g/mol. The number of phenols is 2. The Morgan fingerprint density at radius 2 is 0.714 bits per heavy atom. The highest BCUT2D eigenvalue weighted by Crippen LogP contribution is 2.27. The molecular formula is C50H68O6. The van der Waals surface area contributed by atoms with Gasteiger partial charge >= 0.3 is 0 Å². The first-order chi connectivity index (χ1) is 27.4. The van der Waals surface area contributed by atoms with Gasteiger partial charge in [0.15, 0.2) is 11.6 Å². The van der Waals surface area contributed by atoms with Crippen LogP contribution in [-0.2, 0) is 0 Å². The van der Waals surface area contributed by atoms with Gasteiger partial charge in [0, 0.05) is 23.3 Å². The summed E-state index contributed by atoms with van der Waals surface area (Å²) >= 11 is 0. The van der Waals surface area contributed by atoms with Gasteiger partial charge in [0.25, 0.3) is 0 Å². The van der Waals surface area contributed by atoms with E-state index in [4.69, 9.17) is 9.47 Å². The van der Waals surface area contributed by atoms with Crippen LogP contribution >= 0.6 is 0 Å². The number of hydrogen-bond acceptors (Lipinski definition) is 6. The molecule has 0 unspecified atom stereocenters. The Balaban J connectivity index is 0.000000300. The molecule has 0 bridgehead atoms. The molecule has 304 valence electrons. The lowest BCUT2D eigenvalue weighted by Crippen LogP contribution is -2.02. The van der Waals surface area contributed by atoms with Crippen molar-refractivity contribution in [1.82, 2.24) is 0 Å². The zero-order chi connectivity index (χ0) is 40.1. The molecule has 0 amide bonds. The molecule has 0 aliphatic carbocycles. The van der Waals surface area contributed by atoms with Crippen LogP contribution in [0.1, 0.15) is 174 Å². The number of benzene rings is 4. The third kappa shape index (κ3) is 18.4. The first-order valence-electron chi connectivity index (χ1n) is 21.6. The van der Waals surface area contributed by atoms with Crippen molar-refractivity contribution in [1.29, 1.82) is 0 Å². The molecule has 0 atom stereocenters. The summed E-state index contributed by atoms with van der Waals surface area (Å²) in [4.78, 5) is 24.9. The summed E-state index contributed by atoms with van der Waals surface area (Å²) in [6.07, 6.45) is 25.8. The maximum atomic E-state index is 12.4. The van der Waals surface area contributed by atoms with Gasteiger partial charge in [0.05, 0.1) is 24.3 Å². The van der Waals surface area contributed by atoms with Gasteiger partial charge in [-0.25, -0.2) is 0 Å². The molecule has 0 saturated heterocycles. The molecule has 0 fully saturated rings. The van der Waals surface area contributed by atoms with Crippen LogP contribution in [0.2, 0.25) is 0 Å². The molecule has 0 aliphatic heterocycles. The molecule has 0 heterocycles. The van der Waals surface area contributed by atoms with Crippen molar-refractivity contribution < 1.29 is 29.3 Å². The second-order valence-electron chi connectivity index (χ2n) is 14.8. The van der Waals surface area contributed by atoms with E-state index in [0.29, 0.717) is 47.0 Å². The lowest BCUT2D eigenvalue weighted by atomic mass is 10.0. The lowest BCUT2D eigenvalue weighted by molar-refractivity contribution is 0.102. The molecule has 2 N–H and O–H groups in total. The minimum atomic E-state index is -0.181. The molecule has 6 nitrogen and oxygen atoms in total. The Labute approximate surface area is 337 Å². The molecule has 0 aromatic heterocycles. The van der Waals surface area contributed by atoms with E-state index in [-0.39, 0.29) is 23.1 Å². The zero-order valence-electron chi connectivity index (χ0n) is 34.3. The van der Waals surface area contributed by atoms with Crippen molar-refractivity contribution in [2.75, 3.05) is 13.2 Å². The molecule has 0 saturated carbocycles. The van der Waals surface area contributed by atoms with Gasteiger partial charge in [-0.3, -0.25) is 9.59 Å². The summed E-state index contributed by atoms with van der Waals surface area (Å²) in [7, 11) is 0. The number of ether oxygens (including phenoxy) is 2. The molecule has 4 rings (SSSR count). The van der Waals surface area contributed by atoms with Gasteiger partial charge in [0.2, 0.25) is 0 Å². The summed E-state index contributed by atoms with van der Waals surface area (Å²) in [5.74, 6) is 0.790. The third-order valence-electron chi connectivity index (χ3n) is 10.0. The standard InChI is InChI=1S/2C25H34O3/c2*1-2-3-4-5-6-7-8-9-10-14-19-28-22-17-18-23(24(26)20-22)25(27)21-15-12-11-13-16-21/h2*11-13,15-18,20,26H,2-10,14,19H2,1H3. The minimum absolute atomic E-state index is 0.0329. The maximum Gasteiger partial charge on any atom is 0.196 e. The molecule has 4 aromatic rings. The number of phenolic OH excluding ortho intramolecular Hbond substituents is 2. The fourth-order valence-corrected chi connectivity index (χ4v) is 6.64. The normalized spacial score (nSPS) is 10.8. The monoisotopic (exact) mass is 765 g/mol. The third-order valence-corrected chi connectivity index (χ3v) is 10.0. The Morgan fingerprint density at radius 1 is 0.411 bits per heavy atom. The largest absolute Gasteiger partial charge is 0.507 e. The van der Waals surface area contributed by atoms with E-state index < -0.39 is 0 Å². The average Bonchev–Trinajstić information content (AvgIpc) is 3.22. The van der Waals surface area contributed by atoms with Crippen LogP contribution in [0.5, 0.6) is 23.0 Å². The average molecular weight is 765 g/mol. The van der Waals surface area contributed by atoms with Gasteiger partial charge < -0.3 is 19.7 Å². The maximum absolute atomic E-state index is 12.4. The molecule has 6 heteroatoms. The van der Waals surface area contributed by atoms with E-state index in [1.165, 1.54) is 128 Å². The van der Waals surface area contributed by atoms with Crippen molar-refractivity contribution in [3.63, 3.8) is 0 Å². The van der Waals surface area contributed by atoms with Gasteiger partial charge in [-0.1, -0.05) is 190 Å². The number of rotatable bonds is 28. The SMILES string of the molecule is CCCCCCCCCCCCOc1ccc(C(=O)c2ccccc2)c(O)c1.CCCCCCCCCCCCOc1ccc(C(=O)c2ccccc2)c(O)c1. The molecule has 4 aromatic carbocycles. The van der Waals surface area contributed by atoms with Crippen LogP contribution in [0.25, 0.3) is 0 Å². The zero-order valence-corrected chi connectivity index (χ0v) is 34.3. The van der Waals surface area contributed by atoms with Gasteiger partial charge in [-0.2, -0.15) is 0 Å². The summed E-state index contributed by atoms with van der Waals surface area (Å²) in [5.41, 5.74) is 1.74. The highest BCUT2D eigenvalue weighted by molar-refractivity contribution is 6.11. The number of hydrogen-bond donors (Lipinski definition) is 2. The van der Waals surface area contributed by atoms with Gasteiger partial charge in [-0.05, 0) is 37.1 Å². The van der Waals surface area contributed by atoms with Crippen LogP contribution in [0.3, 0.4) is 0 Å². The highest BCUT2D eigenvalue weighted by atomic mass is 16.5. The first kappa shape index (κ1) is 45.8. The Hall–Kier alpha value is -4.58. The molecule has 0 aliphatic rings. The van der Waals surface area contributed by atoms with Gasteiger partial charge in [-0.15, -0.1) is 0 Å². The number of aromatic hydroxyl groups is 2. The molecule has 0 radical (unpaired) electrons. The smallest absolute Gasteiger partial charge is 0.196 e. The van der Waals surface area contributed by atoms with Crippen molar-refractivity contribution in [3.8, 4) is 23.0 Å². The van der Waals surface area contributed by atoms with Crippen LogP contribution in [-0.4, -0.2) is 35.0 Å². The van der Waals surface area contributed by atoms with E-state index in [1.807, 2.05) is 36.4 Å². The number of unbranched alkanes of at least 4 members (excludes halogenated alkanes) is 18.